The van der Waals surface area contributed by atoms with Crippen LogP contribution in [0.3, 0.4) is 0 Å². The van der Waals surface area contributed by atoms with Crippen molar-refractivity contribution < 1.29 is 24.2 Å². The Morgan fingerprint density at radius 1 is 1.03 bits per heavy atom. The fourth-order valence-electron chi connectivity index (χ4n) is 2.61. The lowest BCUT2D eigenvalue weighted by Gasteiger charge is -2.26. The first-order chi connectivity index (χ1) is 13.6. The second-order valence-electron chi connectivity index (χ2n) is 7.91. The molecule has 2 aromatic rings. The molecule has 0 aliphatic carbocycles. The summed E-state index contributed by atoms with van der Waals surface area (Å²) in [4.78, 5) is 25.3. The van der Waals surface area contributed by atoms with E-state index in [1.54, 1.807) is 52.1 Å². The van der Waals surface area contributed by atoms with Crippen LogP contribution < -0.4 is 4.74 Å². The molecule has 6 nitrogen and oxygen atoms in total. The Balaban J connectivity index is 1.84. The number of hydrogen-bond acceptors (Lipinski definition) is 5. The van der Waals surface area contributed by atoms with Crippen LogP contribution in [0.4, 0.5) is 4.79 Å². The second-order valence-corrected chi connectivity index (χ2v) is 7.91. The van der Waals surface area contributed by atoms with Crippen LogP contribution in [-0.4, -0.2) is 41.3 Å². The van der Waals surface area contributed by atoms with Crippen LogP contribution in [0.1, 0.15) is 44.4 Å². The lowest BCUT2D eigenvalue weighted by molar-refractivity contribution is -0.134. The fraction of sp³-hybridized carbons (Fsp3) is 0.391. The minimum Gasteiger partial charge on any atom is -0.444 e. The van der Waals surface area contributed by atoms with Crippen molar-refractivity contribution in [1.29, 1.82) is 0 Å². The summed E-state index contributed by atoms with van der Waals surface area (Å²) in [5.41, 5.74) is 1.10. The maximum absolute atomic E-state index is 12.0. The Labute approximate surface area is 172 Å². The third kappa shape index (κ3) is 7.95. The summed E-state index contributed by atoms with van der Waals surface area (Å²) in [7, 11) is 1.57. The van der Waals surface area contributed by atoms with Gasteiger partial charge in [0.1, 0.15) is 11.4 Å². The van der Waals surface area contributed by atoms with E-state index in [2.05, 4.69) is 0 Å². The highest BCUT2D eigenvalue weighted by Crippen LogP contribution is 2.20. The van der Waals surface area contributed by atoms with Gasteiger partial charge in [0.15, 0.2) is 0 Å². The first-order valence-electron chi connectivity index (χ1n) is 9.61. The van der Waals surface area contributed by atoms with Crippen molar-refractivity contribution in [3.63, 3.8) is 0 Å². The van der Waals surface area contributed by atoms with Gasteiger partial charge in [-0.1, -0.05) is 42.5 Å². The van der Waals surface area contributed by atoms with Crippen LogP contribution in [-0.2, 0) is 16.0 Å². The van der Waals surface area contributed by atoms with Gasteiger partial charge < -0.3 is 19.5 Å². The van der Waals surface area contributed by atoms with Crippen molar-refractivity contribution in [2.75, 3.05) is 13.6 Å². The maximum Gasteiger partial charge on any atom is 0.410 e. The molecule has 6 heteroatoms. The molecule has 1 amide bonds. The molecule has 0 aliphatic heterocycles. The van der Waals surface area contributed by atoms with Gasteiger partial charge in [-0.2, -0.15) is 0 Å². The SMILES string of the molecule is CN(CC(O)c1ccc(OC(=O)CCc2ccccc2)cc1)C(=O)OC(C)(C)C. The van der Waals surface area contributed by atoms with Gasteiger partial charge >= 0.3 is 12.1 Å². The number of aliphatic hydroxyl groups is 1. The van der Waals surface area contributed by atoms with Crippen LogP contribution in [0.5, 0.6) is 5.75 Å². The molecule has 0 saturated carbocycles. The molecular weight excluding hydrogens is 370 g/mol. The maximum atomic E-state index is 12.0. The number of likely N-dealkylation sites (N-methyl/N-ethyl adjacent to an activating group) is 1. The van der Waals surface area contributed by atoms with E-state index in [9.17, 15) is 14.7 Å². The first kappa shape index (κ1) is 22.4. The molecule has 0 heterocycles. The largest absolute Gasteiger partial charge is 0.444 e. The molecule has 0 fully saturated rings. The van der Waals surface area contributed by atoms with E-state index in [4.69, 9.17) is 9.47 Å². The van der Waals surface area contributed by atoms with Gasteiger partial charge in [-0.05, 0) is 50.5 Å². The van der Waals surface area contributed by atoms with Crippen LogP contribution in [0, 0.1) is 0 Å². The van der Waals surface area contributed by atoms with E-state index >= 15 is 0 Å². The summed E-state index contributed by atoms with van der Waals surface area (Å²) >= 11 is 0. The Bertz CT molecular complexity index is 796. The molecular formula is C23H29NO5. The van der Waals surface area contributed by atoms with Crippen molar-refractivity contribution in [2.45, 2.75) is 45.3 Å². The van der Waals surface area contributed by atoms with Gasteiger partial charge in [-0.15, -0.1) is 0 Å². The summed E-state index contributed by atoms with van der Waals surface area (Å²) in [5, 5.41) is 10.4. The van der Waals surface area contributed by atoms with Crippen molar-refractivity contribution in [3.8, 4) is 5.75 Å². The molecule has 2 aromatic carbocycles. The van der Waals surface area contributed by atoms with E-state index in [0.29, 0.717) is 17.7 Å². The molecule has 29 heavy (non-hydrogen) atoms. The van der Waals surface area contributed by atoms with Crippen molar-refractivity contribution in [2.24, 2.45) is 0 Å². The number of hydrogen-bond donors (Lipinski definition) is 1. The average molecular weight is 399 g/mol. The third-order valence-corrected chi connectivity index (χ3v) is 4.11. The molecule has 0 bridgehead atoms. The van der Waals surface area contributed by atoms with Gasteiger partial charge in [-0.25, -0.2) is 4.79 Å². The number of ether oxygens (including phenoxy) is 2. The zero-order valence-electron chi connectivity index (χ0n) is 17.4. The lowest BCUT2D eigenvalue weighted by atomic mass is 10.1. The van der Waals surface area contributed by atoms with Crippen molar-refractivity contribution in [3.05, 3.63) is 65.7 Å². The molecule has 1 atom stereocenters. The normalized spacial score (nSPS) is 12.2. The minimum absolute atomic E-state index is 0.0884. The monoisotopic (exact) mass is 399 g/mol. The van der Waals surface area contributed by atoms with E-state index in [0.717, 1.165) is 5.56 Å². The molecule has 0 spiro atoms. The topological polar surface area (TPSA) is 76.1 Å². The first-order valence-corrected chi connectivity index (χ1v) is 9.61. The Kier molecular flexibility index (Phi) is 7.79. The summed E-state index contributed by atoms with van der Waals surface area (Å²) in [6, 6.07) is 16.4. The van der Waals surface area contributed by atoms with Crippen LogP contribution >= 0.6 is 0 Å². The van der Waals surface area contributed by atoms with Crippen molar-refractivity contribution in [1.82, 2.24) is 4.90 Å². The Morgan fingerprint density at radius 2 is 1.66 bits per heavy atom. The number of benzene rings is 2. The number of carbonyl (C=O) groups excluding carboxylic acids is 2. The molecule has 0 radical (unpaired) electrons. The van der Waals surface area contributed by atoms with Gasteiger partial charge in [0, 0.05) is 13.5 Å². The summed E-state index contributed by atoms with van der Waals surface area (Å²) in [6.07, 6.45) is -0.474. The zero-order chi connectivity index (χ0) is 21.4. The number of aryl methyl sites for hydroxylation is 1. The third-order valence-electron chi connectivity index (χ3n) is 4.11. The van der Waals surface area contributed by atoms with E-state index in [-0.39, 0.29) is 18.9 Å². The predicted octanol–water partition coefficient (Wildman–Crippen LogP) is 4.13. The van der Waals surface area contributed by atoms with Gasteiger partial charge in [0.25, 0.3) is 0 Å². The quantitative estimate of drug-likeness (QED) is 0.560. The van der Waals surface area contributed by atoms with E-state index in [1.807, 2.05) is 30.3 Å². The van der Waals surface area contributed by atoms with Crippen molar-refractivity contribution >= 4 is 12.1 Å². The van der Waals surface area contributed by atoms with Crippen LogP contribution in [0.15, 0.2) is 54.6 Å². The molecule has 0 aliphatic rings. The number of esters is 1. The molecule has 2 rings (SSSR count). The van der Waals surface area contributed by atoms with Crippen LogP contribution in [0.2, 0.25) is 0 Å². The molecule has 156 valence electrons. The number of rotatable bonds is 7. The molecule has 0 saturated heterocycles. The summed E-state index contributed by atoms with van der Waals surface area (Å²) < 4.78 is 10.6. The summed E-state index contributed by atoms with van der Waals surface area (Å²) in [6.45, 7) is 5.45. The molecule has 0 aromatic heterocycles. The highest BCUT2D eigenvalue weighted by molar-refractivity contribution is 5.72. The number of carbonyl (C=O) groups is 2. The number of amides is 1. The summed E-state index contributed by atoms with van der Waals surface area (Å²) in [5.74, 6) is 0.103. The van der Waals surface area contributed by atoms with Crippen LogP contribution in [0.25, 0.3) is 0 Å². The number of aliphatic hydroxyl groups excluding tert-OH is 1. The lowest BCUT2D eigenvalue weighted by Crippen LogP contribution is -2.36. The smallest absolute Gasteiger partial charge is 0.410 e. The highest BCUT2D eigenvalue weighted by atomic mass is 16.6. The van der Waals surface area contributed by atoms with Gasteiger partial charge in [-0.3, -0.25) is 4.79 Å². The average Bonchev–Trinajstić information content (AvgIpc) is 2.66. The minimum atomic E-state index is -0.879. The van der Waals surface area contributed by atoms with Gasteiger partial charge in [0.2, 0.25) is 0 Å². The highest BCUT2D eigenvalue weighted by Gasteiger charge is 2.22. The Hall–Kier alpha value is -2.86. The predicted molar refractivity (Wildman–Crippen MR) is 111 cm³/mol. The molecule has 1 N–H and O–H groups in total. The molecule has 1 unspecified atom stereocenters. The van der Waals surface area contributed by atoms with Gasteiger partial charge in [0.05, 0.1) is 12.6 Å². The second kappa shape index (κ2) is 10.1. The standard InChI is InChI=1S/C23H29NO5/c1-23(2,3)29-22(27)24(4)16-20(25)18-11-13-19(14-12-18)28-21(26)15-10-17-8-6-5-7-9-17/h5-9,11-14,20,25H,10,15-16H2,1-4H3. The number of nitrogens with zero attached hydrogens (tertiary/aromatic N) is 1. The fourth-order valence-corrected chi connectivity index (χ4v) is 2.61. The van der Waals surface area contributed by atoms with E-state index < -0.39 is 17.8 Å². The Morgan fingerprint density at radius 3 is 2.24 bits per heavy atom. The van der Waals surface area contributed by atoms with E-state index in [1.165, 1.54) is 4.90 Å². The zero-order valence-corrected chi connectivity index (χ0v) is 17.4.